The van der Waals surface area contributed by atoms with E-state index in [9.17, 15) is 9.90 Å². The lowest BCUT2D eigenvalue weighted by molar-refractivity contribution is -0.133. The van der Waals surface area contributed by atoms with Crippen LogP contribution in [-0.2, 0) is 4.74 Å². The number of ether oxygens (including phenoxy) is 1. The molecule has 0 unspecified atom stereocenters. The van der Waals surface area contributed by atoms with E-state index in [1.54, 1.807) is 18.7 Å². The number of nitrogens with two attached hydrogens (primary N) is 1. The molecule has 3 N–H and O–H groups in total. The Kier molecular flexibility index (Phi) is 3.47. The van der Waals surface area contributed by atoms with Gasteiger partial charge >= 0.3 is 6.09 Å². The van der Waals surface area contributed by atoms with Gasteiger partial charge in [0.2, 0.25) is 0 Å². The lowest BCUT2D eigenvalue weighted by Crippen LogP contribution is -2.70. The summed E-state index contributed by atoms with van der Waals surface area (Å²) in [5, 5.41) is 10.1. The van der Waals surface area contributed by atoms with Crippen LogP contribution in [-0.4, -0.2) is 46.9 Å². The van der Waals surface area contributed by atoms with E-state index >= 15 is 0 Å². The molecule has 5 heteroatoms. The van der Waals surface area contributed by atoms with Gasteiger partial charge in [-0.3, -0.25) is 0 Å². The van der Waals surface area contributed by atoms with Gasteiger partial charge in [0.1, 0.15) is 5.60 Å². The number of amides is 1. The highest BCUT2D eigenvalue weighted by Crippen LogP contribution is 2.40. The molecule has 0 radical (unpaired) electrons. The number of nitrogens with zero attached hydrogens (tertiary/aromatic N) is 1. The fourth-order valence-corrected chi connectivity index (χ4v) is 1.91. The number of rotatable bonds is 2. The minimum atomic E-state index is -0.889. The highest BCUT2D eigenvalue weighted by atomic mass is 16.6. The molecule has 0 aliphatic carbocycles. The first kappa shape index (κ1) is 14.3. The third-order valence-electron chi connectivity index (χ3n) is 3.33. The molecule has 0 aromatic carbocycles. The van der Waals surface area contributed by atoms with E-state index < -0.39 is 16.6 Å². The molecule has 0 saturated carbocycles. The van der Waals surface area contributed by atoms with Crippen molar-refractivity contribution in [2.24, 2.45) is 11.1 Å². The predicted octanol–water partition coefficient (Wildman–Crippen LogP) is 0.953. The summed E-state index contributed by atoms with van der Waals surface area (Å²) < 4.78 is 5.26. The quantitative estimate of drug-likeness (QED) is 0.758. The number of carbonyl (C=O) groups is 1. The minimum Gasteiger partial charge on any atom is -0.444 e. The van der Waals surface area contributed by atoms with Crippen LogP contribution >= 0.6 is 0 Å². The van der Waals surface area contributed by atoms with Crippen molar-refractivity contribution in [3.05, 3.63) is 0 Å². The van der Waals surface area contributed by atoms with Crippen molar-refractivity contribution in [1.82, 2.24) is 4.90 Å². The highest BCUT2D eigenvalue weighted by Gasteiger charge is 2.54. The number of likely N-dealkylation sites (tertiary alicyclic amines) is 1. The molecular formula is C12H24N2O3. The van der Waals surface area contributed by atoms with Crippen molar-refractivity contribution in [3.63, 3.8) is 0 Å². The summed E-state index contributed by atoms with van der Waals surface area (Å²) in [6.07, 6.45) is -0.342. The molecule has 1 amide bonds. The Labute approximate surface area is 103 Å². The molecule has 1 rings (SSSR count). The van der Waals surface area contributed by atoms with Crippen molar-refractivity contribution in [3.8, 4) is 0 Å². The Balaban J connectivity index is 2.59. The van der Waals surface area contributed by atoms with E-state index in [4.69, 9.17) is 10.5 Å². The van der Waals surface area contributed by atoms with Crippen LogP contribution in [0.4, 0.5) is 4.79 Å². The summed E-state index contributed by atoms with van der Waals surface area (Å²) >= 11 is 0. The SMILES string of the molecule is CC(C)(C)OC(=O)N1CC(CN)(C(C)(C)O)C1. The van der Waals surface area contributed by atoms with E-state index in [1.807, 2.05) is 20.8 Å². The molecule has 5 nitrogen and oxygen atoms in total. The van der Waals surface area contributed by atoms with Gasteiger partial charge in [-0.15, -0.1) is 0 Å². The zero-order valence-electron chi connectivity index (χ0n) is 11.4. The lowest BCUT2D eigenvalue weighted by Gasteiger charge is -2.55. The maximum Gasteiger partial charge on any atom is 0.410 e. The summed E-state index contributed by atoms with van der Waals surface area (Å²) in [5.41, 5.74) is 3.91. The maximum absolute atomic E-state index is 11.8. The summed E-state index contributed by atoms with van der Waals surface area (Å²) in [6.45, 7) is 10.2. The fourth-order valence-electron chi connectivity index (χ4n) is 1.91. The summed E-state index contributed by atoms with van der Waals surface area (Å²) in [5.74, 6) is 0. The normalized spacial score (nSPS) is 19.8. The van der Waals surface area contributed by atoms with Crippen molar-refractivity contribution in [2.45, 2.75) is 45.8 Å². The van der Waals surface area contributed by atoms with E-state index in [2.05, 4.69) is 0 Å². The van der Waals surface area contributed by atoms with Crippen LogP contribution in [0.3, 0.4) is 0 Å². The molecule has 0 aromatic heterocycles. The third kappa shape index (κ3) is 2.90. The standard InChI is InChI=1S/C12H24N2O3/c1-10(2,3)17-9(15)14-7-12(6-13,8-14)11(4,5)16/h16H,6-8,13H2,1-5H3. The van der Waals surface area contributed by atoms with Gasteiger partial charge < -0.3 is 20.5 Å². The molecular weight excluding hydrogens is 220 g/mol. The first-order valence-electron chi connectivity index (χ1n) is 5.91. The summed E-state index contributed by atoms with van der Waals surface area (Å²) in [7, 11) is 0. The number of aliphatic hydroxyl groups is 1. The lowest BCUT2D eigenvalue weighted by atomic mass is 9.68. The molecule has 0 bridgehead atoms. The monoisotopic (exact) mass is 244 g/mol. The molecule has 1 aliphatic heterocycles. The number of hydrogen-bond donors (Lipinski definition) is 2. The third-order valence-corrected chi connectivity index (χ3v) is 3.33. The van der Waals surface area contributed by atoms with Gasteiger partial charge in [0.15, 0.2) is 0 Å². The van der Waals surface area contributed by atoms with Crippen molar-refractivity contribution in [1.29, 1.82) is 0 Å². The Bertz CT molecular complexity index is 296. The molecule has 0 aromatic rings. The van der Waals surface area contributed by atoms with Gasteiger partial charge in [-0.2, -0.15) is 0 Å². The molecule has 1 heterocycles. The van der Waals surface area contributed by atoms with Crippen LogP contribution < -0.4 is 5.73 Å². The summed E-state index contributed by atoms with van der Waals surface area (Å²) in [4.78, 5) is 13.3. The first-order chi connectivity index (χ1) is 7.51. The average Bonchev–Trinajstić information content (AvgIpc) is 1.95. The number of carbonyl (C=O) groups excluding carboxylic acids is 1. The molecule has 0 atom stereocenters. The van der Waals surface area contributed by atoms with E-state index in [0.29, 0.717) is 19.6 Å². The average molecular weight is 244 g/mol. The second-order valence-corrected chi connectivity index (χ2v) is 6.38. The van der Waals surface area contributed by atoms with E-state index in [0.717, 1.165) is 0 Å². The van der Waals surface area contributed by atoms with Crippen LogP contribution in [0.5, 0.6) is 0 Å². The Morgan fingerprint density at radius 3 is 2.12 bits per heavy atom. The van der Waals surface area contributed by atoms with Crippen molar-refractivity contribution in [2.75, 3.05) is 19.6 Å². The van der Waals surface area contributed by atoms with Gasteiger partial charge in [-0.1, -0.05) is 0 Å². The van der Waals surface area contributed by atoms with Crippen LogP contribution in [0.25, 0.3) is 0 Å². The molecule has 1 saturated heterocycles. The van der Waals surface area contributed by atoms with Crippen LogP contribution in [0.15, 0.2) is 0 Å². The van der Waals surface area contributed by atoms with Gasteiger partial charge in [-0.05, 0) is 34.6 Å². The zero-order valence-corrected chi connectivity index (χ0v) is 11.4. The van der Waals surface area contributed by atoms with Crippen LogP contribution in [0.1, 0.15) is 34.6 Å². The Morgan fingerprint density at radius 2 is 1.82 bits per heavy atom. The Hall–Kier alpha value is -0.810. The predicted molar refractivity (Wildman–Crippen MR) is 65.6 cm³/mol. The van der Waals surface area contributed by atoms with Crippen LogP contribution in [0.2, 0.25) is 0 Å². The fraction of sp³-hybridized carbons (Fsp3) is 0.917. The van der Waals surface area contributed by atoms with Gasteiger partial charge in [0, 0.05) is 25.0 Å². The van der Waals surface area contributed by atoms with Crippen molar-refractivity contribution < 1.29 is 14.6 Å². The number of hydrogen-bond acceptors (Lipinski definition) is 4. The van der Waals surface area contributed by atoms with Gasteiger partial charge in [0.05, 0.1) is 5.60 Å². The molecule has 100 valence electrons. The summed E-state index contributed by atoms with van der Waals surface area (Å²) in [6, 6.07) is 0. The Morgan fingerprint density at radius 1 is 1.35 bits per heavy atom. The van der Waals surface area contributed by atoms with E-state index in [-0.39, 0.29) is 6.09 Å². The smallest absolute Gasteiger partial charge is 0.410 e. The largest absolute Gasteiger partial charge is 0.444 e. The maximum atomic E-state index is 11.8. The second kappa shape index (κ2) is 4.14. The topological polar surface area (TPSA) is 75.8 Å². The molecule has 0 spiro atoms. The second-order valence-electron chi connectivity index (χ2n) is 6.38. The van der Waals surface area contributed by atoms with Crippen molar-refractivity contribution >= 4 is 6.09 Å². The van der Waals surface area contributed by atoms with Crippen LogP contribution in [0, 0.1) is 5.41 Å². The zero-order chi connectivity index (χ0) is 13.5. The molecule has 1 fully saturated rings. The molecule has 1 aliphatic rings. The molecule has 17 heavy (non-hydrogen) atoms. The van der Waals surface area contributed by atoms with Gasteiger partial charge in [-0.25, -0.2) is 4.79 Å². The van der Waals surface area contributed by atoms with E-state index in [1.165, 1.54) is 0 Å². The first-order valence-corrected chi connectivity index (χ1v) is 5.91. The van der Waals surface area contributed by atoms with Gasteiger partial charge in [0.25, 0.3) is 0 Å². The highest BCUT2D eigenvalue weighted by molar-refractivity contribution is 5.69. The minimum absolute atomic E-state index is 0.342.